The van der Waals surface area contributed by atoms with Crippen molar-refractivity contribution >= 4 is 15.7 Å². The summed E-state index contributed by atoms with van der Waals surface area (Å²) in [4.78, 5) is 19.0. The molecule has 2 unspecified atom stereocenters. The summed E-state index contributed by atoms with van der Waals surface area (Å²) in [5, 5.41) is 0. The van der Waals surface area contributed by atoms with Crippen LogP contribution >= 0.6 is 0 Å². The summed E-state index contributed by atoms with van der Waals surface area (Å²) >= 11 is 0. The van der Waals surface area contributed by atoms with Gasteiger partial charge in [-0.1, -0.05) is 24.3 Å². The quantitative estimate of drug-likeness (QED) is 0.739. The van der Waals surface area contributed by atoms with Crippen LogP contribution in [0.1, 0.15) is 11.1 Å². The number of carbonyl (C=O) groups excluding carboxylic acids is 1. The van der Waals surface area contributed by atoms with E-state index in [0.29, 0.717) is 13.1 Å². The molecule has 0 aromatic heterocycles. The molecule has 25 heavy (non-hydrogen) atoms. The van der Waals surface area contributed by atoms with Gasteiger partial charge in [0.25, 0.3) is 0 Å². The topological polar surface area (TPSA) is 60.9 Å². The number of sulfone groups is 1. The molecule has 3 heterocycles. The second-order valence-corrected chi connectivity index (χ2v) is 9.66. The lowest BCUT2D eigenvalue weighted by Crippen LogP contribution is -2.60. The molecule has 1 aromatic rings. The number of piperazine rings is 1. The Balaban J connectivity index is 1.45. The molecular formula is C18H25N3O3S. The molecule has 3 aliphatic rings. The van der Waals surface area contributed by atoms with Crippen LogP contribution in [0.2, 0.25) is 0 Å². The normalized spacial score (nSPS) is 29.2. The Hall–Kier alpha value is -1.44. The first-order valence-corrected chi connectivity index (χ1v) is 10.7. The second kappa shape index (κ2) is 6.37. The first kappa shape index (κ1) is 17.0. The lowest BCUT2D eigenvalue weighted by molar-refractivity contribution is -0.138. The predicted octanol–water partition coefficient (Wildman–Crippen LogP) is -0.0157. The van der Waals surface area contributed by atoms with Gasteiger partial charge in [0.2, 0.25) is 5.91 Å². The number of hydrogen-bond donors (Lipinski definition) is 0. The van der Waals surface area contributed by atoms with E-state index < -0.39 is 9.84 Å². The first-order valence-electron chi connectivity index (χ1n) is 8.92. The highest BCUT2D eigenvalue weighted by atomic mass is 32.2. The van der Waals surface area contributed by atoms with Crippen LogP contribution in [0.3, 0.4) is 0 Å². The third kappa shape index (κ3) is 3.32. The fourth-order valence-corrected chi connectivity index (χ4v) is 6.46. The minimum atomic E-state index is -3.05. The van der Waals surface area contributed by atoms with Crippen LogP contribution < -0.4 is 0 Å². The van der Waals surface area contributed by atoms with Crippen molar-refractivity contribution < 1.29 is 13.2 Å². The number of hydrogen-bond acceptors (Lipinski definition) is 5. The lowest BCUT2D eigenvalue weighted by atomic mass is 10.00. The van der Waals surface area contributed by atoms with Gasteiger partial charge in [-0.25, -0.2) is 8.42 Å². The molecule has 2 saturated heterocycles. The fraction of sp³-hybridized carbons (Fsp3) is 0.611. The summed E-state index contributed by atoms with van der Waals surface area (Å²) in [6.45, 7) is 3.41. The summed E-state index contributed by atoms with van der Waals surface area (Å²) in [7, 11) is -1.09. The number of amides is 1. The second-order valence-electron chi connectivity index (χ2n) is 7.51. The van der Waals surface area contributed by atoms with Crippen LogP contribution in [-0.2, 0) is 27.6 Å². The summed E-state index contributed by atoms with van der Waals surface area (Å²) in [5.41, 5.74) is 2.66. The monoisotopic (exact) mass is 363 g/mol. The van der Waals surface area contributed by atoms with Gasteiger partial charge in [0.1, 0.15) is 0 Å². The maximum Gasteiger partial charge on any atom is 0.237 e. The minimum absolute atomic E-state index is 0.0511. The van der Waals surface area contributed by atoms with Crippen LogP contribution in [-0.4, -0.2) is 85.8 Å². The number of carbonyl (C=O) groups is 1. The van der Waals surface area contributed by atoms with Gasteiger partial charge in [-0.05, 0) is 24.6 Å². The molecule has 0 spiro atoms. The Labute approximate surface area is 149 Å². The Morgan fingerprint density at radius 3 is 2.60 bits per heavy atom. The molecule has 7 heteroatoms. The highest BCUT2D eigenvalue weighted by molar-refractivity contribution is 7.91. The molecule has 0 radical (unpaired) electrons. The number of likely N-dealkylation sites (N-methyl/N-ethyl adjacent to an activating group) is 1. The van der Waals surface area contributed by atoms with E-state index >= 15 is 0 Å². The van der Waals surface area contributed by atoms with Crippen molar-refractivity contribution in [2.75, 3.05) is 44.7 Å². The van der Waals surface area contributed by atoms with Crippen LogP contribution in [0.15, 0.2) is 24.3 Å². The Kier molecular flexibility index (Phi) is 4.33. The molecule has 0 saturated carbocycles. The van der Waals surface area contributed by atoms with E-state index in [0.717, 1.165) is 26.1 Å². The number of benzene rings is 1. The van der Waals surface area contributed by atoms with Crippen molar-refractivity contribution in [1.29, 1.82) is 0 Å². The van der Waals surface area contributed by atoms with Gasteiger partial charge < -0.3 is 4.90 Å². The van der Waals surface area contributed by atoms with Crippen molar-refractivity contribution in [3.05, 3.63) is 35.4 Å². The standard InChI is InChI=1S/C18H25N3O3S/c1-19-8-9-21(17-13-25(23,24)12-16(17)19)18(22)11-20-7-6-14-4-2-3-5-15(14)10-20/h2-5,16-17H,6-13H2,1H3. The highest BCUT2D eigenvalue weighted by Gasteiger charge is 2.46. The molecule has 4 rings (SSSR count). The summed E-state index contributed by atoms with van der Waals surface area (Å²) in [6, 6.07) is 8.14. The molecule has 6 nitrogen and oxygen atoms in total. The zero-order valence-electron chi connectivity index (χ0n) is 14.6. The van der Waals surface area contributed by atoms with E-state index in [1.54, 1.807) is 0 Å². The van der Waals surface area contributed by atoms with E-state index in [-0.39, 0.29) is 29.5 Å². The molecule has 136 valence electrons. The van der Waals surface area contributed by atoms with Crippen molar-refractivity contribution in [3.8, 4) is 0 Å². The van der Waals surface area contributed by atoms with E-state index in [9.17, 15) is 13.2 Å². The van der Waals surface area contributed by atoms with E-state index in [1.807, 2.05) is 18.0 Å². The third-order valence-corrected chi connectivity index (χ3v) is 7.54. The average Bonchev–Trinajstić information content (AvgIpc) is 2.91. The van der Waals surface area contributed by atoms with Gasteiger partial charge in [-0.3, -0.25) is 14.6 Å². The molecule has 2 atom stereocenters. The van der Waals surface area contributed by atoms with E-state index in [1.165, 1.54) is 11.1 Å². The maximum absolute atomic E-state index is 12.9. The Morgan fingerprint density at radius 2 is 1.80 bits per heavy atom. The third-order valence-electron chi connectivity index (χ3n) is 5.84. The molecule has 3 aliphatic heterocycles. The van der Waals surface area contributed by atoms with Gasteiger partial charge in [0.05, 0.1) is 24.1 Å². The van der Waals surface area contributed by atoms with Crippen LogP contribution in [0.4, 0.5) is 0 Å². The van der Waals surface area contributed by atoms with Gasteiger partial charge in [-0.2, -0.15) is 0 Å². The van der Waals surface area contributed by atoms with Gasteiger partial charge in [-0.15, -0.1) is 0 Å². The van der Waals surface area contributed by atoms with Gasteiger partial charge in [0, 0.05) is 32.2 Å². The average molecular weight is 363 g/mol. The summed E-state index contributed by atoms with van der Waals surface area (Å²) in [6.07, 6.45) is 0.965. The van der Waals surface area contributed by atoms with Crippen LogP contribution in [0.25, 0.3) is 0 Å². The van der Waals surface area contributed by atoms with Crippen molar-refractivity contribution in [2.45, 2.75) is 25.0 Å². The lowest BCUT2D eigenvalue weighted by Gasteiger charge is -2.43. The Morgan fingerprint density at radius 1 is 1.08 bits per heavy atom. The molecule has 2 fully saturated rings. The number of nitrogens with zero attached hydrogens (tertiary/aromatic N) is 3. The SMILES string of the molecule is CN1CCN(C(=O)CN2CCc3ccccc3C2)C2CS(=O)(=O)CC21. The highest BCUT2D eigenvalue weighted by Crippen LogP contribution is 2.26. The minimum Gasteiger partial charge on any atom is -0.335 e. The summed E-state index contributed by atoms with van der Waals surface area (Å²) < 4.78 is 24.1. The largest absolute Gasteiger partial charge is 0.335 e. The summed E-state index contributed by atoms with van der Waals surface area (Å²) in [5.74, 6) is 0.352. The van der Waals surface area contributed by atoms with Crippen molar-refractivity contribution in [1.82, 2.24) is 14.7 Å². The first-order chi connectivity index (χ1) is 11.9. The van der Waals surface area contributed by atoms with E-state index in [4.69, 9.17) is 0 Å². The maximum atomic E-state index is 12.9. The van der Waals surface area contributed by atoms with Crippen molar-refractivity contribution in [3.63, 3.8) is 0 Å². The number of rotatable bonds is 2. The molecule has 0 aliphatic carbocycles. The van der Waals surface area contributed by atoms with Crippen molar-refractivity contribution in [2.24, 2.45) is 0 Å². The van der Waals surface area contributed by atoms with Crippen LogP contribution in [0.5, 0.6) is 0 Å². The smallest absolute Gasteiger partial charge is 0.237 e. The predicted molar refractivity (Wildman–Crippen MR) is 96.0 cm³/mol. The molecule has 1 aromatic carbocycles. The fourth-order valence-electron chi connectivity index (χ4n) is 4.41. The Bertz CT molecular complexity index is 780. The van der Waals surface area contributed by atoms with Gasteiger partial charge in [0.15, 0.2) is 9.84 Å². The molecule has 1 amide bonds. The molecule has 0 N–H and O–H groups in total. The van der Waals surface area contributed by atoms with Crippen LogP contribution in [0, 0.1) is 0 Å². The molecule has 0 bridgehead atoms. The number of fused-ring (bicyclic) bond motifs is 2. The van der Waals surface area contributed by atoms with Gasteiger partial charge >= 0.3 is 0 Å². The van der Waals surface area contributed by atoms with E-state index in [2.05, 4.69) is 28.0 Å². The zero-order valence-corrected chi connectivity index (χ0v) is 15.4. The zero-order chi connectivity index (χ0) is 17.6. The molecular weight excluding hydrogens is 338 g/mol.